The van der Waals surface area contributed by atoms with Crippen LogP contribution >= 0.6 is 0 Å². The topological polar surface area (TPSA) is 20.3 Å². The number of carbonyl (C=O) groups is 1. The molecule has 0 aliphatic heterocycles. The maximum absolute atomic E-state index is 12.3. The van der Waals surface area contributed by atoms with Crippen LogP contribution in [0.5, 0.6) is 0 Å². The molecule has 1 amide bonds. The van der Waals surface area contributed by atoms with Crippen molar-refractivity contribution in [1.82, 2.24) is 4.90 Å². The first-order chi connectivity index (χ1) is 8.35. The average molecular weight is 251 g/mol. The van der Waals surface area contributed by atoms with Crippen molar-refractivity contribution in [3.05, 3.63) is 11.6 Å². The van der Waals surface area contributed by atoms with E-state index in [4.69, 9.17) is 0 Å². The van der Waals surface area contributed by atoms with E-state index in [9.17, 15) is 4.79 Å². The molecule has 0 aromatic carbocycles. The van der Waals surface area contributed by atoms with Crippen LogP contribution in [-0.2, 0) is 4.79 Å². The SMILES string of the molecule is CCC(C)(C)CCN(C)C(=O)C1=CCC(C)CC1. The predicted molar refractivity (Wildman–Crippen MR) is 77.4 cm³/mol. The Morgan fingerprint density at radius 2 is 2.17 bits per heavy atom. The van der Waals surface area contributed by atoms with Crippen molar-refractivity contribution in [2.24, 2.45) is 11.3 Å². The molecular weight excluding hydrogens is 222 g/mol. The Morgan fingerprint density at radius 1 is 1.50 bits per heavy atom. The second-order valence-corrected chi connectivity index (χ2v) is 6.60. The number of hydrogen-bond acceptors (Lipinski definition) is 1. The highest BCUT2D eigenvalue weighted by Gasteiger charge is 2.21. The molecule has 18 heavy (non-hydrogen) atoms. The van der Waals surface area contributed by atoms with Crippen molar-refractivity contribution in [2.75, 3.05) is 13.6 Å². The van der Waals surface area contributed by atoms with Gasteiger partial charge in [0.25, 0.3) is 0 Å². The lowest BCUT2D eigenvalue weighted by molar-refractivity contribution is -0.126. The Kier molecular flexibility index (Phi) is 5.43. The quantitative estimate of drug-likeness (QED) is 0.722. The Hall–Kier alpha value is -0.790. The molecule has 104 valence electrons. The monoisotopic (exact) mass is 251 g/mol. The summed E-state index contributed by atoms with van der Waals surface area (Å²) >= 11 is 0. The minimum Gasteiger partial charge on any atom is -0.342 e. The Bertz CT molecular complexity index is 317. The number of carbonyl (C=O) groups excluding carboxylic acids is 1. The third kappa shape index (κ3) is 4.47. The summed E-state index contributed by atoms with van der Waals surface area (Å²) in [7, 11) is 1.94. The zero-order valence-electron chi connectivity index (χ0n) is 12.8. The van der Waals surface area contributed by atoms with E-state index in [0.29, 0.717) is 5.41 Å². The second-order valence-electron chi connectivity index (χ2n) is 6.60. The Morgan fingerprint density at radius 3 is 2.67 bits per heavy atom. The van der Waals surface area contributed by atoms with Gasteiger partial charge < -0.3 is 4.90 Å². The first-order valence-corrected chi connectivity index (χ1v) is 7.30. The van der Waals surface area contributed by atoms with Gasteiger partial charge in [0.05, 0.1) is 0 Å². The summed E-state index contributed by atoms with van der Waals surface area (Å²) in [5.41, 5.74) is 1.37. The number of likely N-dealkylation sites (N-methyl/N-ethyl adjacent to an activating group) is 1. The fourth-order valence-electron chi connectivity index (χ4n) is 2.15. The lowest BCUT2D eigenvalue weighted by Crippen LogP contribution is -2.32. The molecular formula is C16H29NO. The molecule has 0 radical (unpaired) electrons. The summed E-state index contributed by atoms with van der Waals surface area (Å²) in [6, 6.07) is 0. The minimum absolute atomic E-state index is 0.244. The van der Waals surface area contributed by atoms with Gasteiger partial charge in [0.1, 0.15) is 0 Å². The highest BCUT2D eigenvalue weighted by molar-refractivity contribution is 5.93. The van der Waals surface area contributed by atoms with Gasteiger partial charge >= 0.3 is 0 Å². The number of allylic oxidation sites excluding steroid dienone is 1. The molecule has 1 aliphatic carbocycles. The van der Waals surface area contributed by atoms with Crippen molar-refractivity contribution < 1.29 is 4.79 Å². The van der Waals surface area contributed by atoms with Crippen LogP contribution in [0.4, 0.5) is 0 Å². The normalized spacial score (nSPS) is 20.5. The third-order valence-corrected chi connectivity index (χ3v) is 4.38. The van der Waals surface area contributed by atoms with Gasteiger partial charge in [0.15, 0.2) is 0 Å². The van der Waals surface area contributed by atoms with Gasteiger partial charge in [-0.25, -0.2) is 0 Å². The van der Waals surface area contributed by atoms with Gasteiger partial charge in [-0.3, -0.25) is 4.79 Å². The van der Waals surface area contributed by atoms with E-state index in [1.165, 1.54) is 0 Å². The van der Waals surface area contributed by atoms with Crippen molar-refractivity contribution >= 4 is 5.91 Å². The van der Waals surface area contributed by atoms with Crippen LogP contribution in [0, 0.1) is 11.3 Å². The highest BCUT2D eigenvalue weighted by atomic mass is 16.2. The van der Waals surface area contributed by atoms with E-state index < -0.39 is 0 Å². The molecule has 1 rings (SSSR count). The lowest BCUT2D eigenvalue weighted by Gasteiger charge is -2.28. The van der Waals surface area contributed by atoms with Crippen LogP contribution in [0.1, 0.15) is 59.8 Å². The summed E-state index contributed by atoms with van der Waals surface area (Å²) in [6.45, 7) is 9.88. The Labute approximate surface area is 112 Å². The fraction of sp³-hybridized carbons (Fsp3) is 0.812. The molecule has 2 heteroatoms. The maximum atomic E-state index is 12.3. The van der Waals surface area contributed by atoms with Crippen LogP contribution in [0.3, 0.4) is 0 Å². The first-order valence-electron chi connectivity index (χ1n) is 7.30. The molecule has 0 heterocycles. The summed E-state index contributed by atoms with van der Waals surface area (Å²) in [4.78, 5) is 14.2. The lowest BCUT2D eigenvalue weighted by atomic mass is 9.86. The van der Waals surface area contributed by atoms with E-state index in [-0.39, 0.29) is 5.91 Å². The number of amides is 1. The molecule has 0 saturated heterocycles. The first kappa shape index (κ1) is 15.3. The Balaban J connectivity index is 2.47. The van der Waals surface area contributed by atoms with Crippen molar-refractivity contribution in [3.63, 3.8) is 0 Å². The molecule has 0 N–H and O–H groups in total. The van der Waals surface area contributed by atoms with E-state index >= 15 is 0 Å². The van der Waals surface area contributed by atoms with Gasteiger partial charge in [-0.05, 0) is 37.0 Å². The van der Waals surface area contributed by atoms with Gasteiger partial charge in [-0.15, -0.1) is 0 Å². The van der Waals surface area contributed by atoms with Crippen LogP contribution in [0.15, 0.2) is 11.6 Å². The van der Waals surface area contributed by atoms with Gasteiger partial charge in [-0.2, -0.15) is 0 Å². The average Bonchev–Trinajstić information content (AvgIpc) is 2.36. The van der Waals surface area contributed by atoms with Crippen LogP contribution in [0.25, 0.3) is 0 Å². The third-order valence-electron chi connectivity index (χ3n) is 4.38. The summed E-state index contributed by atoms with van der Waals surface area (Å²) < 4.78 is 0. The van der Waals surface area contributed by atoms with E-state index in [1.807, 2.05) is 11.9 Å². The molecule has 0 aromatic rings. The molecule has 2 nitrogen and oxygen atoms in total. The van der Waals surface area contributed by atoms with Crippen LogP contribution < -0.4 is 0 Å². The van der Waals surface area contributed by atoms with Crippen molar-refractivity contribution in [2.45, 2.75) is 59.8 Å². The summed E-state index contributed by atoms with van der Waals surface area (Å²) in [6.07, 6.45) is 7.57. The van der Waals surface area contributed by atoms with Crippen LogP contribution in [-0.4, -0.2) is 24.4 Å². The highest BCUT2D eigenvalue weighted by Crippen LogP contribution is 2.26. The van der Waals surface area contributed by atoms with Crippen molar-refractivity contribution in [1.29, 1.82) is 0 Å². The largest absolute Gasteiger partial charge is 0.342 e. The molecule has 0 bridgehead atoms. The fourth-order valence-corrected chi connectivity index (χ4v) is 2.15. The molecule has 1 unspecified atom stereocenters. The molecule has 1 aliphatic rings. The summed E-state index contributed by atoms with van der Waals surface area (Å²) in [5.74, 6) is 0.986. The van der Waals surface area contributed by atoms with E-state index in [1.54, 1.807) is 0 Å². The van der Waals surface area contributed by atoms with Crippen LogP contribution in [0.2, 0.25) is 0 Å². The smallest absolute Gasteiger partial charge is 0.249 e. The minimum atomic E-state index is 0.244. The zero-order valence-corrected chi connectivity index (χ0v) is 12.8. The number of rotatable bonds is 5. The molecule has 0 aromatic heterocycles. The predicted octanol–water partition coefficient (Wildman–Crippen LogP) is 4.02. The number of nitrogens with zero attached hydrogens (tertiary/aromatic N) is 1. The number of hydrogen-bond donors (Lipinski definition) is 0. The van der Waals surface area contributed by atoms with Crippen molar-refractivity contribution in [3.8, 4) is 0 Å². The van der Waals surface area contributed by atoms with Gasteiger partial charge in [-0.1, -0.05) is 40.2 Å². The standard InChI is InChI=1S/C16H29NO/c1-6-16(3,4)11-12-17(5)15(18)14-9-7-13(2)8-10-14/h9,13H,6-8,10-12H2,1-5H3. The zero-order chi connectivity index (χ0) is 13.8. The molecule has 0 saturated carbocycles. The molecule has 1 atom stereocenters. The second kappa shape index (κ2) is 6.40. The molecule has 0 fully saturated rings. The molecule has 0 spiro atoms. The van der Waals surface area contributed by atoms with E-state index in [2.05, 4.69) is 33.8 Å². The summed E-state index contributed by atoms with van der Waals surface area (Å²) in [5, 5.41) is 0. The van der Waals surface area contributed by atoms with Gasteiger partial charge in [0, 0.05) is 19.2 Å². The maximum Gasteiger partial charge on any atom is 0.249 e. The van der Waals surface area contributed by atoms with Gasteiger partial charge in [0.2, 0.25) is 5.91 Å². The van der Waals surface area contributed by atoms with E-state index in [0.717, 1.165) is 50.1 Å².